The maximum atomic E-state index is 14.2. The standard InChI is InChI=1S/C30H41N3O6/c1-8-16-33(26(27(35)31-19-25(34)38-7)23-15-14-20(2)21(3)17-23)28(36)24(18-22-12-10-9-11-13-22)32-29(37)39-30(4,5)6/h9-15,17,24,26H,8,16,18-19H2,1-7H3,(H,31,35)(H,32,37). The van der Waals surface area contributed by atoms with Crippen molar-refractivity contribution < 1.29 is 28.7 Å². The van der Waals surface area contributed by atoms with Gasteiger partial charge in [0.25, 0.3) is 0 Å². The first-order valence-corrected chi connectivity index (χ1v) is 13.1. The minimum absolute atomic E-state index is 0.197. The van der Waals surface area contributed by atoms with Crippen LogP contribution in [0.5, 0.6) is 0 Å². The van der Waals surface area contributed by atoms with Gasteiger partial charge in [-0.3, -0.25) is 14.4 Å². The van der Waals surface area contributed by atoms with Crippen LogP contribution in [0.15, 0.2) is 48.5 Å². The summed E-state index contributed by atoms with van der Waals surface area (Å²) in [6.07, 6.45) is 0.0239. The van der Waals surface area contributed by atoms with E-state index in [1.807, 2.05) is 63.2 Å². The second kappa shape index (κ2) is 14.3. The fourth-order valence-corrected chi connectivity index (χ4v) is 4.04. The second-order valence-electron chi connectivity index (χ2n) is 10.5. The molecule has 2 N–H and O–H groups in total. The molecule has 0 aromatic heterocycles. The lowest BCUT2D eigenvalue weighted by Crippen LogP contribution is -2.54. The summed E-state index contributed by atoms with van der Waals surface area (Å²) in [6, 6.07) is 12.8. The molecular formula is C30H41N3O6. The van der Waals surface area contributed by atoms with Crippen molar-refractivity contribution in [3.63, 3.8) is 0 Å². The zero-order chi connectivity index (χ0) is 29.2. The summed E-state index contributed by atoms with van der Waals surface area (Å²) in [7, 11) is 1.23. The number of carbonyl (C=O) groups excluding carboxylic acids is 4. The maximum absolute atomic E-state index is 14.2. The number of aryl methyl sites for hydroxylation is 2. The van der Waals surface area contributed by atoms with E-state index in [1.54, 1.807) is 26.8 Å². The monoisotopic (exact) mass is 539 g/mol. The molecule has 3 amide bonds. The predicted molar refractivity (Wildman–Crippen MR) is 149 cm³/mol. The van der Waals surface area contributed by atoms with Gasteiger partial charge in [0.1, 0.15) is 24.2 Å². The van der Waals surface area contributed by atoms with E-state index in [1.165, 1.54) is 12.0 Å². The molecule has 0 bridgehead atoms. The third kappa shape index (κ3) is 9.74. The van der Waals surface area contributed by atoms with Crippen molar-refractivity contribution in [2.45, 2.75) is 72.1 Å². The van der Waals surface area contributed by atoms with Crippen LogP contribution in [0, 0.1) is 13.8 Å². The number of hydrogen-bond acceptors (Lipinski definition) is 6. The summed E-state index contributed by atoms with van der Waals surface area (Å²) < 4.78 is 10.1. The number of carbonyl (C=O) groups is 4. The van der Waals surface area contributed by atoms with Crippen LogP contribution in [0.4, 0.5) is 4.79 Å². The fourth-order valence-electron chi connectivity index (χ4n) is 4.04. The van der Waals surface area contributed by atoms with E-state index in [-0.39, 0.29) is 19.5 Å². The van der Waals surface area contributed by atoms with Gasteiger partial charge in [0.05, 0.1) is 7.11 Å². The van der Waals surface area contributed by atoms with Crippen molar-refractivity contribution in [3.8, 4) is 0 Å². The van der Waals surface area contributed by atoms with Crippen LogP contribution in [0.2, 0.25) is 0 Å². The van der Waals surface area contributed by atoms with Crippen molar-refractivity contribution in [2.75, 3.05) is 20.2 Å². The molecular weight excluding hydrogens is 498 g/mol. The highest BCUT2D eigenvalue weighted by Crippen LogP contribution is 2.26. The van der Waals surface area contributed by atoms with Crippen molar-refractivity contribution >= 4 is 23.9 Å². The number of rotatable bonds is 11. The average molecular weight is 540 g/mol. The average Bonchev–Trinajstić information content (AvgIpc) is 2.87. The number of nitrogens with zero attached hydrogens (tertiary/aromatic N) is 1. The first-order valence-electron chi connectivity index (χ1n) is 13.1. The third-order valence-corrected chi connectivity index (χ3v) is 6.06. The van der Waals surface area contributed by atoms with E-state index in [2.05, 4.69) is 15.4 Å². The number of ether oxygens (including phenoxy) is 2. The van der Waals surface area contributed by atoms with Crippen LogP contribution in [0.3, 0.4) is 0 Å². The molecule has 0 saturated carbocycles. The minimum Gasteiger partial charge on any atom is -0.468 e. The van der Waals surface area contributed by atoms with E-state index >= 15 is 0 Å². The SMILES string of the molecule is CCCN(C(=O)C(Cc1ccccc1)NC(=O)OC(C)(C)C)C(C(=O)NCC(=O)OC)c1ccc(C)c(C)c1. The Hall–Kier alpha value is -3.88. The van der Waals surface area contributed by atoms with E-state index in [9.17, 15) is 19.2 Å². The van der Waals surface area contributed by atoms with Crippen molar-refractivity contribution in [2.24, 2.45) is 0 Å². The minimum atomic E-state index is -1.04. The normalized spacial score (nSPS) is 12.6. The molecule has 2 aromatic carbocycles. The van der Waals surface area contributed by atoms with Gasteiger partial charge in [-0.15, -0.1) is 0 Å². The van der Waals surface area contributed by atoms with Gasteiger partial charge in [0.2, 0.25) is 11.8 Å². The van der Waals surface area contributed by atoms with E-state index < -0.39 is 41.6 Å². The van der Waals surface area contributed by atoms with Crippen LogP contribution >= 0.6 is 0 Å². The van der Waals surface area contributed by atoms with Gasteiger partial charge in [-0.25, -0.2) is 4.79 Å². The topological polar surface area (TPSA) is 114 Å². The van der Waals surface area contributed by atoms with Crippen LogP contribution in [0.25, 0.3) is 0 Å². The Morgan fingerprint density at radius 3 is 2.21 bits per heavy atom. The van der Waals surface area contributed by atoms with Crippen molar-refractivity contribution in [1.82, 2.24) is 15.5 Å². The Labute approximate surface area is 231 Å². The summed E-state index contributed by atoms with van der Waals surface area (Å²) in [4.78, 5) is 53.7. The van der Waals surface area contributed by atoms with Crippen molar-refractivity contribution in [3.05, 3.63) is 70.8 Å². The van der Waals surface area contributed by atoms with Gasteiger partial charge >= 0.3 is 12.1 Å². The number of alkyl carbamates (subject to hydrolysis) is 1. The summed E-state index contributed by atoms with van der Waals surface area (Å²) in [5, 5.41) is 5.33. The Morgan fingerprint density at radius 1 is 0.974 bits per heavy atom. The van der Waals surface area contributed by atoms with E-state index in [0.717, 1.165) is 16.7 Å². The van der Waals surface area contributed by atoms with E-state index in [4.69, 9.17) is 4.74 Å². The molecule has 0 aliphatic heterocycles. The summed E-state index contributed by atoms with van der Waals surface area (Å²) in [5.41, 5.74) is 2.66. The molecule has 9 heteroatoms. The molecule has 0 spiro atoms. The molecule has 9 nitrogen and oxygen atoms in total. The number of benzene rings is 2. The summed E-state index contributed by atoms with van der Waals surface area (Å²) in [6.45, 7) is 10.9. The molecule has 0 aliphatic carbocycles. The van der Waals surface area contributed by atoms with Gasteiger partial charge in [-0.05, 0) is 63.3 Å². The third-order valence-electron chi connectivity index (χ3n) is 6.06. The highest BCUT2D eigenvalue weighted by atomic mass is 16.6. The number of hydrogen-bond donors (Lipinski definition) is 2. The van der Waals surface area contributed by atoms with Gasteiger partial charge in [0.15, 0.2) is 0 Å². The smallest absolute Gasteiger partial charge is 0.408 e. The summed E-state index contributed by atoms with van der Waals surface area (Å²) >= 11 is 0. The molecule has 2 unspecified atom stereocenters. The molecule has 2 aromatic rings. The molecule has 0 fully saturated rings. The molecule has 0 heterocycles. The van der Waals surface area contributed by atoms with Crippen LogP contribution in [0.1, 0.15) is 62.4 Å². The zero-order valence-electron chi connectivity index (χ0n) is 24.0. The Balaban J connectivity index is 2.53. The fraction of sp³-hybridized carbons (Fsp3) is 0.467. The lowest BCUT2D eigenvalue weighted by Gasteiger charge is -2.34. The zero-order valence-corrected chi connectivity index (χ0v) is 24.0. The number of amides is 3. The van der Waals surface area contributed by atoms with Gasteiger partial charge in [-0.1, -0.05) is 55.5 Å². The Kier molecular flexibility index (Phi) is 11.5. The van der Waals surface area contributed by atoms with Crippen molar-refractivity contribution in [1.29, 1.82) is 0 Å². The predicted octanol–water partition coefficient (Wildman–Crippen LogP) is 4.01. The van der Waals surface area contributed by atoms with E-state index in [0.29, 0.717) is 12.0 Å². The molecule has 2 rings (SSSR count). The number of methoxy groups -OCH3 is 1. The maximum Gasteiger partial charge on any atom is 0.408 e. The largest absolute Gasteiger partial charge is 0.468 e. The Bertz CT molecular complexity index is 1140. The Morgan fingerprint density at radius 2 is 1.64 bits per heavy atom. The molecule has 2 atom stereocenters. The molecule has 0 radical (unpaired) electrons. The molecule has 212 valence electrons. The first-order chi connectivity index (χ1) is 18.4. The highest BCUT2D eigenvalue weighted by Gasteiger charge is 2.36. The van der Waals surface area contributed by atoms with Crippen LogP contribution < -0.4 is 10.6 Å². The summed E-state index contributed by atoms with van der Waals surface area (Å²) in [5.74, 6) is -1.58. The lowest BCUT2D eigenvalue weighted by molar-refractivity contribution is -0.144. The molecule has 0 aliphatic rings. The lowest BCUT2D eigenvalue weighted by atomic mass is 9.97. The van der Waals surface area contributed by atoms with Crippen LogP contribution in [-0.2, 0) is 30.3 Å². The van der Waals surface area contributed by atoms with Gasteiger partial charge in [-0.2, -0.15) is 0 Å². The molecule has 39 heavy (non-hydrogen) atoms. The van der Waals surface area contributed by atoms with Gasteiger partial charge in [0, 0.05) is 13.0 Å². The highest BCUT2D eigenvalue weighted by molar-refractivity contribution is 5.93. The quantitative estimate of drug-likeness (QED) is 0.417. The van der Waals surface area contributed by atoms with Gasteiger partial charge < -0.3 is 25.0 Å². The first kappa shape index (κ1) is 31.3. The van der Waals surface area contributed by atoms with Crippen LogP contribution in [-0.4, -0.2) is 60.6 Å². The number of esters is 1. The second-order valence-corrected chi connectivity index (χ2v) is 10.5. The molecule has 0 saturated heterocycles. The number of nitrogens with one attached hydrogen (secondary N) is 2.